The molecule has 6 heteroatoms. The van der Waals surface area contributed by atoms with Gasteiger partial charge in [0.05, 0.1) is 0 Å². The van der Waals surface area contributed by atoms with E-state index in [0.29, 0.717) is 25.7 Å². The molecule has 0 aromatic heterocycles. The quantitative estimate of drug-likeness (QED) is 0.0261. The van der Waals surface area contributed by atoms with Crippen LogP contribution in [0.15, 0.2) is 158 Å². The summed E-state index contributed by atoms with van der Waals surface area (Å²) in [5, 5.41) is 0. The second kappa shape index (κ2) is 61.6. The van der Waals surface area contributed by atoms with Crippen LogP contribution in [0, 0.1) is 0 Å². The fourth-order valence-electron chi connectivity index (χ4n) is 7.56. The van der Waals surface area contributed by atoms with Crippen LogP contribution in [0.5, 0.6) is 0 Å². The molecule has 0 bridgehead atoms. The molecule has 75 heavy (non-hydrogen) atoms. The minimum Gasteiger partial charge on any atom is -0.462 e. The van der Waals surface area contributed by atoms with E-state index in [1.165, 1.54) is 38.5 Å². The fourth-order valence-corrected chi connectivity index (χ4v) is 7.56. The molecule has 0 spiro atoms. The molecule has 0 fully saturated rings. The zero-order valence-electron chi connectivity index (χ0n) is 48.0. The van der Waals surface area contributed by atoms with Gasteiger partial charge in [-0.05, 0) is 148 Å². The van der Waals surface area contributed by atoms with Gasteiger partial charge in [-0.3, -0.25) is 14.4 Å². The van der Waals surface area contributed by atoms with Crippen LogP contribution in [-0.2, 0) is 28.6 Å². The van der Waals surface area contributed by atoms with Crippen molar-refractivity contribution < 1.29 is 28.6 Å². The molecule has 0 aromatic carbocycles. The Labute approximate surface area is 460 Å². The van der Waals surface area contributed by atoms with Crippen LogP contribution in [0.4, 0.5) is 0 Å². The first-order chi connectivity index (χ1) is 37.0. The van der Waals surface area contributed by atoms with Gasteiger partial charge < -0.3 is 14.2 Å². The van der Waals surface area contributed by atoms with Crippen LogP contribution >= 0.6 is 0 Å². The van der Waals surface area contributed by atoms with Crippen LogP contribution < -0.4 is 0 Å². The van der Waals surface area contributed by atoms with Crippen molar-refractivity contribution in [3.63, 3.8) is 0 Å². The Morgan fingerprint density at radius 2 is 0.520 bits per heavy atom. The first kappa shape index (κ1) is 70.0. The maximum absolute atomic E-state index is 12.9. The molecule has 0 saturated heterocycles. The molecule has 420 valence electrons. The van der Waals surface area contributed by atoms with E-state index in [1.807, 2.05) is 0 Å². The molecule has 6 nitrogen and oxygen atoms in total. The zero-order chi connectivity index (χ0) is 54.3. The topological polar surface area (TPSA) is 78.9 Å². The second-order valence-electron chi connectivity index (χ2n) is 19.1. The van der Waals surface area contributed by atoms with E-state index >= 15 is 0 Å². The molecule has 1 atom stereocenters. The number of hydrogen-bond donors (Lipinski definition) is 0. The van der Waals surface area contributed by atoms with E-state index in [-0.39, 0.29) is 31.1 Å². The van der Waals surface area contributed by atoms with Gasteiger partial charge in [-0.2, -0.15) is 0 Å². The van der Waals surface area contributed by atoms with Gasteiger partial charge in [0.1, 0.15) is 13.2 Å². The molecule has 1 unspecified atom stereocenters. The molecule has 0 radical (unpaired) electrons. The molecular weight excluding hydrogens is 925 g/mol. The summed E-state index contributed by atoms with van der Waals surface area (Å²) in [5.41, 5.74) is 0. The highest BCUT2D eigenvalue weighted by Crippen LogP contribution is 2.13. The average Bonchev–Trinajstić information content (AvgIpc) is 3.41. The lowest BCUT2D eigenvalue weighted by Gasteiger charge is -2.18. The lowest BCUT2D eigenvalue weighted by Crippen LogP contribution is -2.30. The highest BCUT2D eigenvalue weighted by atomic mass is 16.6. The first-order valence-corrected chi connectivity index (χ1v) is 30.0. The molecule has 0 saturated carbocycles. The van der Waals surface area contributed by atoms with Crippen LogP contribution in [-0.4, -0.2) is 37.2 Å². The van der Waals surface area contributed by atoms with Crippen molar-refractivity contribution in [2.45, 2.75) is 245 Å². The number of ether oxygens (including phenoxy) is 3. The van der Waals surface area contributed by atoms with Gasteiger partial charge in [0.2, 0.25) is 0 Å². The molecule has 0 aromatic rings. The maximum atomic E-state index is 12.9. The number of carbonyl (C=O) groups excluding carboxylic acids is 3. The highest BCUT2D eigenvalue weighted by molar-refractivity contribution is 5.71. The van der Waals surface area contributed by atoms with Crippen LogP contribution in [0.25, 0.3) is 0 Å². The number of carbonyl (C=O) groups is 3. The van der Waals surface area contributed by atoms with E-state index < -0.39 is 6.10 Å². The standard InChI is InChI=1S/C69H108O6/c1-4-7-10-13-16-19-22-25-28-30-32-33-34-35-37-38-41-44-47-50-53-56-59-62-68(71)74-65-66(64-73-67(70)61-58-55-52-49-46-43-40-27-24-21-18-15-12-9-6-3)75-69(72)63-60-57-54-51-48-45-42-39-36-31-29-26-23-20-17-14-11-8-5-2/h7,9-10,12,16-21,25-29,32-33,35-37,39-41,44,46,49,66H,4-6,8,11,13-15,22-24,30-31,34,38,42-43,45,47-48,50-65H2,1-3H3/b10-7-,12-9-,19-16-,20-17-,21-18-,28-25-,29-26-,33-32-,37-35-,39-36-,40-27-,44-41-,49-46-. The van der Waals surface area contributed by atoms with E-state index in [0.717, 1.165) is 154 Å². The Morgan fingerprint density at radius 1 is 0.280 bits per heavy atom. The van der Waals surface area contributed by atoms with Crippen molar-refractivity contribution in [2.24, 2.45) is 0 Å². The van der Waals surface area contributed by atoms with Crippen molar-refractivity contribution in [3.8, 4) is 0 Å². The van der Waals surface area contributed by atoms with Crippen molar-refractivity contribution in [3.05, 3.63) is 158 Å². The first-order valence-electron chi connectivity index (χ1n) is 30.0. The number of hydrogen-bond acceptors (Lipinski definition) is 6. The molecule has 0 aliphatic carbocycles. The molecule has 0 amide bonds. The summed E-state index contributed by atoms with van der Waals surface area (Å²) in [6.07, 6.45) is 89.5. The minimum atomic E-state index is -0.822. The number of esters is 3. The fraction of sp³-hybridized carbons (Fsp3) is 0.580. The molecule has 0 rings (SSSR count). The summed E-state index contributed by atoms with van der Waals surface area (Å²) < 4.78 is 16.8. The van der Waals surface area contributed by atoms with Crippen molar-refractivity contribution >= 4 is 17.9 Å². The van der Waals surface area contributed by atoms with Crippen molar-refractivity contribution in [1.29, 1.82) is 0 Å². The normalized spacial score (nSPS) is 13.3. The van der Waals surface area contributed by atoms with Gasteiger partial charge in [0, 0.05) is 19.3 Å². The summed E-state index contributed by atoms with van der Waals surface area (Å²) in [6, 6.07) is 0. The van der Waals surface area contributed by atoms with Crippen LogP contribution in [0.2, 0.25) is 0 Å². The predicted molar refractivity (Wildman–Crippen MR) is 325 cm³/mol. The predicted octanol–water partition coefficient (Wildman–Crippen LogP) is 20.5. The minimum absolute atomic E-state index is 0.117. The van der Waals surface area contributed by atoms with Gasteiger partial charge in [-0.25, -0.2) is 0 Å². The number of rotatable bonds is 52. The molecule has 0 N–H and O–H groups in total. The third kappa shape index (κ3) is 59.8. The summed E-state index contributed by atoms with van der Waals surface area (Å²) >= 11 is 0. The Morgan fingerprint density at radius 3 is 0.840 bits per heavy atom. The smallest absolute Gasteiger partial charge is 0.306 e. The largest absolute Gasteiger partial charge is 0.462 e. The highest BCUT2D eigenvalue weighted by Gasteiger charge is 2.19. The van der Waals surface area contributed by atoms with Crippen molar-refractivity contribution in [2.75, 3.05) is 13.2 Å². The van der Waals surface area contributed by atoms with Gasteiger partial charge >= 0.3 is 17.9 Å². The Kier molecular flexibility index (Phi) is 57.5. The lowest BCUT2D eigenvalue weighted by atomic mass is 10.1. The summed E-state index contributed by atoms with van der Waals surface area (Å²) in [6.45, 7) is 6.30. The summed E-state index contributed by atoms with van der Waals surface area (Å²) in [5.74, 6) is -1.00. The molecule has 0 aliphatic heterocycles. The third-order valence-electron chi connectivity index (χ3n) is 12.0. The van der Waals surface area contributed by atoms with Gasteiger partial charge in [-0.15, -0.1) is 0 Å². The van der Waals surface area contributed by atoms with Gasteiger partial charge in [0.15, 0.2) is 6.10 Å². The summed E-state index contributed by atoms with van der Waals surface area (Å²) in [7, 11) is 0. The molecule has 0 aliphatic rings. The molecule has 0 heterocycles. The Hall–Kier alpha value is -4.97. The Balaban J connectivity index is 4.54. The molecular formula is C69H108O6. The number of unbranched alkanes of at least 4 members (excludes halogenated alkanes) is 15. The van der Waals surface area contributed by atoms with Crippen LogP contribution in [0.1, 0.15) is 239 Å². The SMILES string of the molecule is CC/C=C\C/C=C\C/C=C\C/C=C\C/C=C\C/C=C\CCCCCCC(=O)OCC(COC(=O)CCCC/C=C\C/C=C\C/C=C\C/C=C\CC)OC(=O)CCCCCCCC/C=C\C/C=C\C/C=C\CCCCC. The van der Waals surface area contributed by atoms with Gasteiger partial charge in [0.25, 0.3) is 0 Å². The monoisotopic (exact) mass is 1030 g/mol. The van der Waals surface area contributed by atoms with Crippen LogP contribution in [0.3, 0.4) is 0 Å². The van der Waals surface area contributed by atoms with Gasteiger partial charge in [-0.1, -0.05) is 230 Å². The average molecular weight is 1030 g/mol. The second-order valence-corrected chi connectivity index (χ2v) is 19.1. The third-order valence-corrected chi connectivity index (χ3v) is 12.0. The Bertz CT molecular complexity index is 1710. The lowest BCUT2D eigenvalue weighted by molar-refractivity contribution is -0.167. The van der Waals surface area contributed by atoms with E-state index in [2.05, 4.69) is 179 Å². The number of allylic oxidation sites excluding steroid dienone is 26. The summed E-state index contributed by atoms with van der Waals surface area (Å²) in [4.78, 5) is 38.2. The van der Waals surface area contributed by atoms with Crippen molar-refractivity contribution in [1.82, 2.24) is 0 Å². The van der Waals surface area contributed by atoms with E-state index in [4.69, 9.17) is 14.2 Å². The van der Waals surface area contributed by atoms with E-state index in [1.54, 1.807) is 0 Å². The zero-order valence-corrected chi connectivity index (χ0v) is 48.0. The maximum Gasteiger partial charge on any atom is 0.306 e. The van der Waals surface area contributed by atoms with E-state index in [9.17, 15) is 14.4 Å².